The summed E-state index contributed by atoms with van der Waals surface area (Å²) in [7, 11) is 0. The monoisotopic (exact) mass is 168 g/mol. The smallest absolute Gasteiger partial charge is 0.0323 e. The summed E-state index contributed by atoms with van der Waals surface area (Å²) in [5.74, 6) is 2.12. The molecule has 72 valence electrons. The lowest BCUT2D eigenvalue weighted by Crippen LogP contribution is -2.15. The van der Waals surface area contributed by atoms with E-state index in [-0.39, 0.29) is 0 Å². The van der Waals surface area contributed by atoms with Gasteiger partial charge in [-0.05, 0) is 30.1 Å². The lowest BCUT2D eigenvalue weighted by molar-refractivity contribution is 0.258. The Hall–Kier alpha value is 0. The molecule has 0 aliphatic heterocycles. The fraction of sp³-hybridized carbons (Fsp3) is 1.00. The van der Waals surface area contributed by atoms with E-state index in [0.29, 0.717) is 5.41 Å². The summed E-state index contributed by atoms with van der Waals surface area (Å²) in [5, 5.41) is 0. The molecule has 0 radical (unpaired) electrons. The van der Waals surface area contributed by atoms with Gasteiger partial charge in [-0.3, -0.25) is 0 Å². The third kappa shape index (κ3) is 2.24. The van der Waals surface area contributed by atoms with Crippen molar-refractivity contribution >= 4 is 0 Å². The summed E-state index contributed by atoms with van der Waals surface area (Å²) in [6, 6.07) is 0. The van der Waals surface area contributed by atoms with Gasteiger partial charge >= 0.3 is 0 Å². The van der Waals surface area contributed by atoms with Crippen molar-refractivity contribution in [2.45, 2.75) is 59.8 Å². The zero-order valence-electron chi connectivity index (χ0n) is 9.19. The third-order valence-corrected chi connectivity index (χ3v) is 3.63. The Balaban J connectivity index is 2.29. The normalized spacial score (nSPS) is 29.0. The molecule has 0 saturated heterocycles. The third-order valence-electron chi connectivity index (χ3n) is 3.63. The van der Waals surface area contributed by atoms with E-state index in [1.165, 1.54) is 32.1 Å². The number of rotatable bonds is 5. The predicted molar refractivity (Wildman–Crippen MR) is 55.2 cm³/mol. The van der Waals surface area contributed by atoms with Crippen LogP contribution in [0, 0.1) is 17.3 Å². The van der Waals surface area contributed by atoms with Crippen LogP contribution in [0.3, 0.4) is 0 Å². The van der Waals surface area contributed by atoms with Gasteiger partial charge in [0.15, 0.2) is 0 Å². The summed E-state index contributed by atoms with van der Waals surface area (Å²) < 4.78 is 0. The minimum Gasteiger partial charge on any atom is -0.0654 e. The summed E-state index contributed by atoms with van der Waals surface area (Å²) in [6.45, 7) is 9.55. The first-order chi connectivity index (χ1) is 5.61. The fourth-order valence-electron chi connectivity index (χ4n) is 2.47. The highest BCUT2D eigenvalue weighted by Crippen LogP contribution is 2.54. The number of hydrogen-bond donors (Lipinski definition) is 0. The Bertz CT molecular complexity index is 135. The molecule has 1 saturated carbocycles. The Labute approximate surface area is 77.7 Å². The molecule has 0 heteroatoms. The lowest BCUT2D eigenvalue weighted by atomic mass is 9.81. The fourth-order valence-corrected chi connectivity index (χ4v) is 2.47. The van der Waals surface area contributed by atoms with Crippen LogP contribution in [-0.4, -0.2) is 0 Å². The highest BCUT2D eigenvalue weighted by atomic mass is 14.5. The van der Waals surface area contributed by atoms with Crippen molar-refractivity contribution < 1.29 is 0 Å². The van der Waals surface area contributed by atoms with Gasteiger partial charge in [-0.15, -0.1) is 0 Å². The molecule has 0 heterocycles. The van der Waals surface area contributed by atoms with Crippen molar-refractivity contribution in [2.75, 3.05) is 0 Å². The molecule has 0 spiro atoms. The summed E-state index contributed by atoms with van der Waals surface area (Å²) >= 11 is 0. The van der Waals surface area contributed by atoms with E-state index in [1.807, 2.05) is 0 Å². The zero-order valence-corrected chi connectivity index (χ0v) is 9.19. The van der Waals surface area contributed by atoms with E-state index in [2.05, 4.69) is 27.7 Å². The van der Waals surface area contributed by atoms with Gasteiger partial charge in [-0.2, -0.15) is 0 Å². The molecule has 0 aromatic carbocycles. The molecule has 1 rings (SSSR count). The quantitative estimate of drug-likeness (QED) is 0.575. The molecule has 1 aliphatic carbocycles. The molecule has 0 bridgehead atoms. The average Bonchev–Trinajstić information content (AvgIpc) is 2.80. The Morgan fingerprint density at radius 2 is 1.92 bits per heavy atom. The van der Waals surface area contributed by atoms with Gasteiger partial charge in [0.05, 0.1) is 0 Å². The second-order valence-corrected chi connectivity index (χ2v) is 5.10. The first-order valence-electron chi connectivity index (χ1n) is 5.61. The van der Waals surface area contributed by atoms with Gasteiger partial charge in [0.25, 0.3) is 0 Å². The van der Waals surface area contributed by atoms with E-state index >= 15 is 0 Å². The van der Waals surface area contributed by atoms with Gasteiger partial charge in [-0.25, -0.2) is 0 Å². The molecule has 2 unspecified atom stereocenters. The predicted octanol–water partition coefficient (Wildman–Crippen LogP) is 4.25. The average molecular weight is 168 g/mol. The lowest BCUT2D eigenvalue weighted by Gasteiger charge is -2.24. The molecular weight excluding hydrogens is 144 g/mol. The van der Waals surface area contributed by atoms with Crippen LogP contribution in [0.4, 0.5) is 0 Å². The maximum Gasteiger partial charge on any atom is -0.0323 e. The van der Waals surface area contributed by atoms with Crippen LogP contribution in [-0.2, 0) is 0 Å². The van der Waals surface area contributed by atoms with Crippen LogP contribution in [0.5, 0.6) is 0 Å². The van der Waals surface area contributed by atoms with Crippen molar-refractivity contribution in [3.63, 3.8) is 0 Å². The van der Waals surface area contributed by atoms with Gasteiger partial charge < -0.3 is 0 Å². The highest BCUT2D eigenvalue weighted by Gasteiger charge is 2.45. The largest absolute Gasteiger partial charge is 0.0654 e. The minimum atomic E-state index is 0.636. The minimum absolute atomic E-state index is 0.636. The van der Waals surface area contributed by atoms with Crippen LogP contribution < -0.4 is 0 Å². The van der Waals surface area contributed by atoms with Gasteiger partial charge in [0, 0.05) is 0 Å². The van der Waals surface area contributed by atoms with Crippen LogP contribution in [0.2, 0.25) is 0 Å². The van der Waals surface area contributed by atoms with E-state index in [0.717, 1.165) is 11.8 Å². The van der Waals surface area contributed by atoms with Gasteiger partial charge in [-0.1, -0.05) is 47.0 Å². The Morgan fingerprint density at radius 1 is 1.25 bits per heavy atom. The molecule has 0 nitrogen and oxygen atoms in total. The standard InChI is InChI=1S/C12H24/c1-5-7-8-12(3,4)11-9-10(11)6-2/h10-11H,5-9H2,1-4H3. The van der Waals surface area contributed by atoms with Gasteiger partial charge in [0.2, 0.25) is 0 Å². The molecule has 1 aliphatic rings. The topological polar surface area (TPSA) is 0 Å². The van der Waals surface area contributed by atoms with Crippen molar-refractivity contribution in [1.29, 1.82) is 0 Å². The molecular formula is C12H24. The molecule has 0 amide bonds. The summed E-state index contributed by atoms with van der Waals surface area (Å²) in [5.41, 5.74) is 0.636. The second-order valence-electron chi connectivity index (χ2n) is 5.10. The first kappa shape index (κ1) is 10.1. The summed E-state index contributed by atoms with van der Waals surface area (Å²) in [4.78, 5) is 0. The maximum atomic E-state index is 2.46. The molecule has 1 fully saturated rings. The zero-order chi connectivity index (χ0) is 9.19. The highest BCUT2D eigenvalue weighted by molar-refractivity contribution is 4.95. The number of unbranched alkanes of at least 4 members (excludes halogenated alkanes) is 1. The van der Waals surface area contributed by atoms with Crippen molar-refractivity contribution in [3.05, 3.63) is 0 Å². The first-order valence-corrected chi connectivity index (χ1v) is 5.61. The molecule has 12 heavy (non-hydrogen) atoms. The van der Waals surface area contributed by atoms with E-state index in [9.17, 15) is 0 Å². The van der Waals surface area contributed by atoms with Crippen LogP contribution in [0.1, 0.15) is 59.8 Å². The molecule has 0 aromatic heterocycles. The van der Waals surface area contributed by atoms with E-state index < -0.39 is 0 Å². The number of hydrogen-bond acceptors (Lipinski definition) is 0. The SMILES string of the molecule is CCCCC(C)(C)C1CC1CC. The van der Waals surface area contributed by atoms with Crippen LogP contribution in [0.25, 0.3) is 0 Å². The Morgan fingerprint density at radius 3 is 2.33 bits per heavy atom. The van der Waals surface area contributed by atoms with Crippen LogP contribution >= 0.6 is 0 Å². The second kappa shape index (κ2) is 3.81. The van der Waals surface area contributed by atoms with E-state index in [4.69, 9.17) is 0 Å². The van der Waals surface area contributed by atoms with Crippen molar-refractivity contribution in [2.24, 2.45) is 17.3 Å². The van der Waals surface area contributed by atoms with E-state index in [1.54, 1.807) is 0 Å². The molecule has 2 atom stereocenters. The maximum absolute atomic E-state index is 2.46. The van der Waals surface area contributed by atoms with Crippen molar-refractivity contribution in [3.8, 4) is 0 Å². The molecule has 0 aromatic rings. The van der Waals surface area contributed by atoms with Crippen LogP contribution in [0.15, 0.2) is 0 Å². The molecule has 0 N–H and O–H groups in total. The summed E-state index contributed by atoms with van der Waals surface area (Å²) in [6.07, 6.45) is 7.12. The Kier molecular flexibility index (Phi) is 3.20. The van der Waals surface area contributed by atoms with Gasteiger partial charge in [0.1, 0.15) is 0 Å². The van der Waals surface area contributed by atoms with Crippen molar-refractivity contribution in [1.82, 2.24) is 0 Å².